The van der Waals surface area contributed by atoms with Crippen molar-refractivity contribution in [3.63, 3.8) is 0 Å². The fourth-order valence-electron chi connectivity index (χ4n) is 2.78. The van der Waals surface area contributed by atoms with Crippen molar-refractivity contribution < 1.29 is 24.3 Å². The number of carboxylic acid groups (broad SMARTS) is 1. The van der Waals surface area contributed by atoms with Crippen LogP contribution in [0.5, 0.6) is 0 Å². The Morgan fingerprint density at radius 2 is 1.76 bits per heavy atom. The summed E-state index contributed by atoms with van der Waals surface area (Å²) in [7, 11) is 2.20. The first-order valence-electron chi connectivity index (χ1n) is 11.0. The minimum atomic E-state index is -0.495. The van der Waals surface area contributed by atoms with E-state index in [4.69, 9.17) is 20.4 Å². The largest absolute Gasteiger partial charge is 0.483 e. The van der Waals surface area contributed by atoms with E-state index < -0.39 is 6.04 Å². The molecule has 33 heavy (non-hydrogen) atoms. The molecule has 0 radical (unpaired) electrons. The van der Waals surface area contributed by atoms with Crippen molar-refractivity contribution in [1.82, 2.24) is 10.2 Å². The molecule has 0 aromatic heterocycles. The highest BCUT2D eigenvalue weighted by atomic mass is 16.3. The summed E-state index contributed by atoms with van der Waals surface area (Å²) in [6.07, 6.45) is 4.32. The summed E-state index contributed by atoms with van der Waals surface area (Å²) < 4.78 is 0. The predicted octanol–water partition coefficient (Wildman–Crippen LogP) is 1.82. The zero-order valence-electron chi connectivity index (χ0n) is 20.8. The number of primary amides is 1. The number of benzene rings is 1. The molecule has 1 saturated heterocycles. The Morgan fingerprint density at radius 1 is 1.24 bits per heavy atom. The van der Waals surface area contributed by atoms with E-state index in [9.17, 15) is 9.59 Å². The maximum atomic E-state index is 11.0. The van der Waals surface area contributed by atoms with E-state index in [2.05, 4.69) is 49.0 Å². The second-order valence-corrected chi connectivity index (χ2v) is 7.87. The SMILES string of the molecule is CC(C)CC(N)C(=O)NCC=O.CC[C@@H]1CCN(C)C1.Cc1ccccc1.NC=O.O=CO. The Kier molecular flexibility index (Phi) is 26.9. The topological polar surface area (TPSA) is 156 Å². The van der Waals surface area contributed by atoms with Crippen LogP contribution >= 0.6 is 0 Å². The molecule has 9 nitrogen and oxygen atoms in total. The van der Waals surface area contributed by atoms with Crippen LogP contribution in [0.1, 0.15) is 45.6 Å². The van der Waals surface area contributed by atoms with Gasteiger partial charge in [-0.15, -0.1) is 0 Å². The van der Waals surface area contributed by atoms with Gasteiger partial charge in [-0.25, -0.2) is 0 Å². The van der Waals surface area contributed by atoms with E-state index >= 15 is 0 Å². The normalized spacial score (nSPS) is 14.8. The molecule has 0 bridgehead atoms. The molecule has 190 valence electrons. The quantitative estimate of drug-likeness (QED) is 0.464. The lowest BCUT2D eigenvalue weighted by molar-refractivity contribution is -0.124. The smallest absolute Gasteiger partial charge is 0.290 e. The number of aryl methyl sites for hydroxylation is 1. The molecule has 0 saturated carbocycles. The molecule has 1 fully saturated rings. The number of carbonyl (C=O) groups is 4. The van der Waals surface area contributed by atoms with Crippen LogP contribution in [0, 0.1) is 18.8 Å². The summed E-state index contributed by atoms with van der Waals surface area (Å²) in [6.45, 7) is 10.8. The number of nitrogens with two attached hydrogens (primary N) is 2. The molecule has 0 aliphatic carbocycles. The Morgan fingerprint density at radius 3 is 2.03 bits per heavy atom. The lowest BCUT2D eigenvalue weighted by Crippen LogP contribution is -2.41. The average Bonchev–Trinajstić information content (AvgIpc) is 3.19. The van der Waals surface area contributed by atoms with Crippen LogP contribution < -0.4 is 16.8 Å². The summed E-state index contributed by atoms with van der Waals surface area (Å²) in [5.41, 5.74) is 11.0. The molecular weight excluding hydrogens is 424 g/mol. The maximum Gasteiger partial charge on any atom is 0.290 e. The zero-order valence-corrected chi connectivity index (χ0v) is 20.8. The average molecular weight is 469 g/mol. The molecule has 2 amide bonds. The Balaban J connectivity index is -0.000000374. The molecule has 1 heterocycles. The van der Waals surface area contributed by atoms with Crippen molar-refractivity contribution in [3.05, 3.63) is 35.9 Å². The predicted molar refractivity (Wildman–Crippen MR) is 133 cm³/mol. The van der Waals surface area contributed by atoms with E-state index in [1.54, 1.807) is 0 Å². The third kappa shape index (κ3) is 27.2. The van der Waals surface area contributed by atoms with E-state index in [-0.39, 0.29) is 25.3 Å². The molecule has 1 aliphatic heterocycles. The monoisotopic (exact) mass is 468 g/mol. The fraction of sp³-hybridized carbons (Fsp3) is 0.583. The van der Waals surface area contributed by atoms with Crippen LogP contribution in [0.2, 0.25) is 0 Å². The van der Waals surface area contributed by atoms with Crippen molar-refractivity contribution in [3.8, 4) is 0 Å². The van der Waals surface area contributed by atoms with Gasteiger partial charge in [-0.3, -0.25) is 14.4 Å². The minimum absolute atomic E-state index is 0.0463. The summed E-state index contributed by atoms with van der Waals surface area (Å²) in [5.74, 6) is 1.14. The summed E-state index contributed by atoms with van der Waals surface area (Å²) in [4.78, 5) is 40.3. The van der Waals surface area contributed by atoms with Gasteiger partial charge in [0.2, 0.25) is 12.3 Å². The van der Waals surface area contributed by atoms with Crippen molar-refractivity contribution >= 4 is 25.1 Å². The first-order chi connectivity index (χ1) is 15.6. The van der Waals surface area contributed by atoms with Crippen molar-refractivity contribution in [2.45, 2.75) is 53.0 Å². The zero-order chi connectivity index (χ0) is 26.1. The van der Waals surface area contributed by atoms with Gasteiger partial charge in [0.1, 0.15) is 6.29 Å². The number of aldehydes is 1. The molecule has 6 N–H and O–H groups in total. The van der Waals surface area contributed by atoms with Crippen LogP contribution in [0.3, 0.4) is 0 Å². The molecular formula is C24H44N4O5. The fourth-order valence-corrected chi connectivity index (χ4v) is 2.78. The number of nitrogens with zero attached hydrogens (tertiary/aromatic N) is 1. The maximum absolute atomic E-state index is 11.0. The first-order valence-corrected chi connectivity index (χ1v) is 11.0. The van der Waals surface area contributed by atoms with Gasteiger partial charge in [0.15, 0.2) is 0 Å². The third-order valence-corrected chi connectivity index (χ3v) is 4.43. The van der Waals surface area contributed by atoms with Gasteiger partial charge in [-0.2, -0.15) is 0 Å². The van der Waals surface area contributed by atoms with Crippen molar-refractivity contribution in [2.24, 2.45) is 23.3 Å². The van der Waals surface area contributed by atoms with Crippen molar-refractivity contribution in [1.29, 1.82) is 0 Å². The molecule has 1 aromatic carbocycles. The van der Waals surface area contributed by atoms with Gasteiger partial charge in [0.05, 0.1) is 12.6 Å². The third-order valence-electron chi connectivity index (χ3n) is 4.43. The van der Waals surface area contributed by atoms with Crippen LogP contribution in [0.25, 0.3) is 0 Å². The number of hydrogen-bond acceptors (Lipinski definition) is 6. The van der Waals surface area contributed by atoms with Gasteiger partial charge in [-0.1, -0.05) is 63.1 Å². The highest BCUT2D eigenvalue weighted by Crippen LogP contribution is 2.16. The van der Waals surface area contributed by atoms with Crippen LogP contribution in [-0.2, 0) is 19.2 Å². The van der Waals surface area contributed by atoms with Crippen LogP contribution in [0.15, 0.2) is 30.3 Å². The number of hydrogen-bond donors (Lipinski definition) is 4. The highest BCUT2D eigenvalue weighted by Gasteiger charge is 2.16. The lowest BCUT2D eigenvalue weighted by atomic mass is 10.0. The van der Waals surface area contributed by atoms with Crippen LogP contribution in [-0.4, -0.2) is 67.8 Å². The second kappa shape index (κ2) is 25.5. The number of likely N-dealkylation sites (tertiary alicyclic amines) is 1. The molecule has 1 unspecified atom stereocenters. The summed E-state index contributed by atoms with van der Waals surface area (Å²) in [6, 6.07) is 9.77. The minimum Gasteiger partial charge on any atom is -0.483 e. The lowest BCUT2D eigenvalue weighted by Gasteiger charge is -2.12. The molecule has 9 heteroatoms. The van der Waals surface area contributed by atoms with Gasteiger partial charge >= 0.3 is 0 Å². The summed E-state index contributed by atoms with van der Waals surface area (Å²) in [5, 5.41) is 9.29. The van der Waals surface area contributed by atoms with Crippen LogP contribution in [0.4, 0.5) is 0 Å². The Hall–Kier alpha value is -2.78. The van der Waals surface area contributed by atoms with E-state index in [0.29, 0.717) is 18.6 Å². The van der Waals surface area contributed by atoms with E-state index in [1.807, 2.05) is 32.0 Å². The molecule has 1 aromatic rings. The molecule has 2 rings (SSSR count). The standard InChI is InChI=1S/C8H16N2O2.C7H15N.C7H8.CH3NO.CH2O2/c1-6(2)5-7(9)8(12)10-3-4-11;1-3-7-4-5-8(2)6-7;1-7-5-3-2-4-6-7;2*2-1-3/h4,6-7H,3,5,9H2,1-2H3,(H,10,12);7H,3-6H2,1-2H3;2-6H,1H3;1H,(H2,2,3);1H,(H,2,3)/t;7-;;;/m.1.../s1. The number of nitrogens with one attached hydrogen (secondary N) is 1. The second-order valence-electron chi connectivity index (χ2n) is 7.87. The molecule has 1 aliphatic rings. The molecule has 0 spiro atoms. The van der Waals surface area contributed by atoms with E-state index in [1.165, 1.54) is 31.5 Å². The van der Waals surface area contributed by atoms with Crippen molar-refractivity contribution in [2.75, 3.05) is 26.7 Å². The number of rotatable bonds is 6. The number of carbonyl (C=O) groups excluding carboxylic acids is 3. The Bertz CT molecular complexity index is 594. The van der Waals surface area contributed by atoms with Gasteiger partial charge in [0.25, 0.3) is 6.47 Å². The van der Waals surface area contributed by atoms with Gasteiger partial charge in [0, 0.05) is 6.54 Å². The molecule has 2 atom stereocenters. The number of amides is 2. The van der Waals surface area contributed by atoms with E-state index in [0.717, 1.165) is 5.92 Å². The van der Waals surface area contributed by atoms with Gasteiger partial charge in [-0.05, 0) is 45.2 Å². The highest BCUT2D eigenvalue weighted by molar-refractivity contribution is 5.83. The Labute approximate surface area is 198 Å². The summed E-state index contributed by atoms with van der Waals surface area (Å²) >= 11 is 0. The van der Waals surface area contributed by atoms with Gasteiger partial charge < -0.3 is 31.6 Å². The first kappa shape index (κ1) is 34.8.